The van der Waals surface area contributed by atoms with E-state index >= 15 is 0 Å². The van der Waals surface area contributed by atoms with Crippen LogP contribution >= 0.6 is 0 Å². The molecule has 1 rings (SSSR count). The Hall–Kier alpha value is -1.06. The van der Waals surface area contributed by atoms with Gasteiger partial charge in [-0.05, 0) is 31.3 Å². The van der Waals surface area contributed by atoms with Crippen LogP contribution in [0.5, 0.6) is 0 Å². The first-order chi connectivity index (χ1) is 8.13. The van der Waals surface area contributed by atoms with Crippen molar-refractivity contribution in [3.8, 4) is 0 Å². The number of nitrogens with one attached hydrogen (secondary N) is 1. The predicted octanol–water partition coefficient (Wildman–Crippen LogP) is 1.79. The lowest BCUT2D eigenvalue weighted by atomic mass is 10.2. The summed E-state index contributed by atoms with van der Waals surface area (Å²) in [7, 11) is 6.30. The van der Waals surface area contributed by atoms with Crippen molar-refractivity contribution in [3.05, 3.63) is 29.8 Å². The number of likely N-dealkylation sites (N-methyl/N-ethyl adjacent to an activating group) is 2. The molecule has 0 saturated carbocycles. The van der Waals surface area contributed by atoms with Gasteiger partial charge in [0.05, 0.1) is 0 Å². The Labute approximate surface area is 105 Å². The van der Waals surface area contributed by atoms with Crippen molar-refractivity contribution in [3.63, 3.8) is 0 Å². The van der Waals surface area contributed by atoms with E-state index in [2.05, 4.69) is 67.4 Å². The summed E-state index contributed by atoms with van der Waals surface area (Å²) in [6.45, 7) is 6.34. The highest BCUT2D eigenvalue weighted by atomic mass is 15.1. The van der Waals surface area contributed by atoms with Gasteiger partial charge in [-0.1, -0.05) is 19.1 Å². The van der Waals surface area contributed by atoms with E-state index in [4.69, 9.17) is 0 Å². The summed E-state index contributed by atoms with van der Waals surface area (Å²) < 4.78 is 0. The minimum absolute atomic E-state index is 1.01. The minimum atomic E-state index is 1.01. The van der Waals surface area contributed by atoms with Gasteiger partial charge in [0.1, 0.15) is 0 Å². The molecule has 0 aliphatic carbocycles. The molecular formula is C14H25N3. The molecule has 0 bridgehead atoms. The van der Waals surface area contributed by atoms with Crippen molar-refractivity contribution >= 4 is 5.69 Å². The topological polar surface area (TPSA) is 18.5 Å². The smallest absolute Gasteiger partial charge is 0.0361 e. The van der Waals surface area contributed by atoms with E-state index in [0.717, 1.165) is 26.2 Å². The van der Waals surface area contributed by atoms with E-state index in [9.17, 15) is 0 Å². The van der Waals surface area contributed by atoms with Crippen molar-refractivity contribution < 1.29 is 0 Å². The van der Waals surface area contributed by atoms with Crippen LogP contribution in [0.1, 0.15) is 12.5 Å². The first kappa shape index (κ1) is 14.0. The zero-order chi connectivity index (χ0) is 12.7. The number of hydrogen-bond donors (Lipinski definition) is 1. The molecular weight excluding hydrogens is 210 g/mol. The number of hydrogen-bond acceptors (Lipinski definition) is 3. The quantitative estimate of drug-likeness (QED) is 0.727. The third-order valence-corrected chi connectivity index (χ3v) is 2.83. The molecule has 0 radical (unpaired) electrons. The predicted molar refractivity (Wildman–Crippen MR) is 75.6 cm³/mol. The molecule has 0 atom stereocenters. The molecule has 0 aliphatic rings. The van der Waals surface area contributed by atoms with Crippen molar-refractivity contribution in [2.75, 3.05) is 45.7 Å². The molecule has 0 aromatic heterocycles. The van der Waals surface area contributed by atoms with Crippen LogP contribution in [0.4, 0.5) is 5.69 Å². The Morgan fingerprint density at radius 2 is 1.71 bits per heavy atom. The van der Waals surface area contributed by atoms with E-state index < -0.39 is 0 Å². The van der Waals surface area contributed by atoms with Crippen LogP contribution in [0.15, 0.2) is 24.3 Å². The van der Waals surface area contributed by atoms with Crippen LogP contribution in [0.2, 0.25) is 0 Å². The normalized spacial score (nSPS) is 10.9. The number of benzene rings is 1. The van der Waals surface area contributed by atoms with Crippen LogP contribution in [-0.4, -0.2) is 45.7 Å². The van der Waals surface area contributed by atoms with Gasteiger partial charge in [-0.25, -0.2) is 0 Å². The SMILES string of the molecule is CCNCCN(C)Cc1ccc(N(C)C)cc1. The van der Waals surface area contributed by atoms with E-state index in [1.54, 1.807) is 0 Å². The molecule has 1 aromatic rings. The summed E-state index contributed by atoms with van der Waals surface area (Å²) >= 11 is 0. The van der Waals surface area contributed by atoms with Gasteiger partial charge in [-0.15, -0.1) is 0 Å². The summed E-state index contributed by atoms with van der Waals surface area (Å²) in [5, 5.41) is 3.34. The average molecular weight is 235 g/mol. The standard InChI is InChI=1S/C14H25N3/c1-5-15-10-11-17(4)12-13-6-8-14(9-7-13)16(2)3/h6-9,15H,5,10-12H2,1-4H3. The Morgan fingerprint density at radius 1 is 1.06 bits per heavy atom. The molecule has 0 fully saturated rings. The lowest BCUT2D eigenvalue weighted by molar-refractivity contribution is 0.325. The lowest BCUT2D eigenvalue weighted by Crippen LogP contribution is -2.28. The van der Waals surface area contributed by atoms with E-state index in [1.807, 2.05) is 0 Å². The molecule has 0 amide bonds. The number of nitrogens with zero attached hydrogens (tertiary/aromatic N) is 2. The van der Waals surface area contributed by atoms with Gasteiger partial charge in [0.15, 0.2) is 0 Å². The molecule has 3 heteroatoms. The number of anilines is 1. The minimum Gasteiger partial charge on any atom is -0.378 e. The van der Waals surface area contributed by atoms with Gasteiger partial charge >= 0.3 is 0 Å². The van der Waals surface area contributed by atoms with Gasteiger partial charge < -0.3 is 15.1 Å². The van der Waals surface area contributed by atoms with Crippen LogP contribution in [0.25, 0.3) is 0 Å². The molecule has 3 nitrogen and oxygen atoms in total. The first-order valence-electron chi connectivity index (χ1n) is 6.29. The maximum atomic E-state index is 3.34. The summed E-state index contributed by atoms with van der Waals surface area (Å²) in [5.41, 5.74) is 2.62. The number of rotatable bonds is 7. The van der Waals surface area contributed by atoms with Gasteiger partial charge in [0.2, 0.25) is 0 Å². The van der Waals surface area contributed by atoms with Gasteiger partial charge in [-0.3, -0.25) is 0 Å². The molecule has 1 N–H and O–H groups in total. The lowest BCUT2D eigenvalue weighted by Gasteiger charge is -2.18. The fraction of sp³-hybridized carbons (Fsp3) is 0.571. The molecule has 0 saturated heterocycles. The van der Waals surface area contributed by atoms with Crippen LogP contribution in [-0.2, 0) is 6.54 Å². The van der Waals surface area contributed by atoms with Crippen molar-refractivity contribution in [1.29, 1.82) is 0 Å². The van der Waals surface area contributed by atoms with Gasteiger partial charge in [-0.2, -0.15) is 0 Å². The third kappa shape index (κ3) is 5.20. The van der Waals surface area contributed by atoms with Crippen molar-refractivity contribution in [2.24, 2.45) is 0 Å². The van der Waals surface area contributed by atoms with Crippen molar-refractivity contribution in [2.45, 2.75) is 13.5 Å². The molecule has 0 unspecified atom stereocenters. The highest BCUT2D eigenvalue weighted by molar-refractivity contribution is 5.45. The maximum absolute atomic E-state index is 3.34. The van der Waals surface area contributed by atoms with E-state index in [-0.39, 0.29) is 0 Å². The second-order valence-corrected chi connectivity index (χ2v) is 4.65. The van der Waals surface area contributed by atoms with Gasteiger partial charge in [0, 0.05) is 39.4 Å². The fourth-order valence-electron chi connectivity index (χ4n) is 1.74. The molecule has 0 spiro atoms. The second-order valence-electron chi connectivity index (χ2n) is 4.65. The average Bonchev–Trinajstić information content (AvgIpc) is 2.30. The molecule has 0 aliphatic heterocycles. The molecule has 17 heavy (non-hydrogen) atoms. The van der Waals surface area contributed by atoms with E-state index in [1.165, 1.54) is 11.3 Å². The molecule has 96 valence electrons. The fourth-order valence-corrected chi connectivity index (χ4v) is 1.74. The van der Waals surface area contributed by atoms with Gasteiger partial charge in [0.25, 0.3) is 0 Å². The van der Waals surface area contributed by atoms with Crippen molar-refractivity contribution in [1.82, 2.24) is 10.2 Å². The maximum Gasteiger partial charge on any atom is 0.0361 e. The monoisotopic (exact) mass is 235 g/mol. The summed E-state index contributed by atoms with van der Waals surface area (Å²) in [6, 6.07) is 8.76. The summed E-state index contributed by atoms with van der Waals surface area (Å²) in [6.07, 6.45) is 0. The van der Waals surface area contributed by atoms with E-state index in [0.29, 0.717) is 0 Å². The second kappa shape index (κ2) is 7.30. The summed E-state index contributed by atoms with van der Waals surface area (Å²) in [4.78, 5) is 4.46. The largest absolute Gasteiger partial charge is 0.378 e. The Morgan fingerprint density at radius 3 is 2.24 bits per heavy atom. The highest BCUT2D eigenvalue weighted by Crippen LogP contribution is 2.13. The molecule has 1 aromatic carbocycles. The molecule has 0 heterocycles. The third-order valence-electron chi connectivity index (χ3n) is 2.83. The van der Waals surface area contributed by atoms with Crippen LogP contribution < -0.4 is 10.2 Å². The summed E-state index contributed by atoms with van der Waals surface area (Å²) in [5.74, 6) is 0. The Bertz CT molecular complexity index is 306. The van der Waals surface area contributed by atoms with Crippen LogP contribution in [0.3, 0.4) is 0 Å². The Kier molecular flexibility index (Phi) is 6.01. The zero-order valence-electron chi connectivity index (χ0n) is 11.5. The highest BCUT2D eigenvalue weighted by Gasteiger charge is 2.00. The van der Waals surface area contributed by atoms with Crippen LogP contribution in [0, 0.1) is 0 Å². The Balaban J connectivity index is 2.40. The zero-order valence-corrected chi connectivity index (χ0v) is 11.5. The first-order valence-corrected chi connectivity index (χ1v) is 6.29.